The Morgan fingerprint density at radius 3 is 2.45 bits per heavy atom. The third kappa shape index (κ3) is 6.25. The smallest absolute Gasteiger partial charge is 0.258 e. The van der Waals surface area contributed by atoms with Gasteiger partial charge in [-0.25, -0.2) is 9.97 Å². The number of hydrogen-bond acceptors (Lipinski definition) is 8. The zero-order valence-corrected chi connectivity index (χ0v) is 26.2. The average molecular weight is 628 g/mol. The molecule has 42 heavy (non-hydrogen) atoms. The molecule has 0 radical (unpaired) electrons. The number of thiophene rings is 1. The van der Waals surface area contributed by atoms with Crippen molar-refractivity contribution in [3.05, 3.63) is 63.2 Å². The first-order chi connectivity index (χ1) is 20.2. The largest absolute Gasteiger partial charge is 0.495 e. The molecule has 1 aliphatic rings. The van der Waals surface area contributed by atoms with Gasteiger partial charge in [-0.3, -0.25) is 9.59 Å². The fraction of sp³-hybridized carbons (Fsp3) is 0.333. The topological polar surface area (TPSA) is 99.7 Å². The molecule has 1 fully saturated rings. The van der Waals surface area contributed by atoms with Crippen molar-refractivity contribution >= 4 is 79.4 Å². The Morgan fingerprint density at radius 1 is 1.07 bits per heavy atom. The normalized spacial score (nSPS) is 13.5. The van der Waals surface area contributed by atoms with Crippen LogP contribution in [-0.2, 0) is 4.79 Å². The van der Waals surface area contributed by atoms with E-state index in [2.05, 4.69) is 51.5 Å². The Balaban J connectivity index is 1.28. The fourth-order valence-corrected chi connectivity index (χ4v) is 6.33. The van der Waals surface area contributed by atoms with Gasteiger partial charge >= 0.3 is 0 Å². The Labute approximate surface area is 258 Å². The first kappa shape index (κ1) is 29.9. The van der Waals surface area contributed by atoms with Gasteiger partial charge in [-0.15, -0.1) is 11.3 Å². The van der Waals surface area contributed by atoms with Crippen LogP contribution in [-0.4, -0.2) is 60.0 Å². The number of piperazine rings is 1. The van der Waals surface area contributed by atoms with Crippen molar-refractivity contribution in [3.63, 3.8) is 0 Å². The number of aromatic nitrogens is 2. The summed E-state index contributed by atoms with van der Waals surface area (Å²) in [6, 6.07) is 9.83. The molecule has 3 heterocycles. The maximum atomic E-state index is 13.3. The van der Waals surface area contributed by atoms with Gasteiger partial charge < -0.3 is 25.2 Å². The Kier molecular flexibility index (Phi) is 9.05. The van der Waals surface area contributed by atoms with Crippen molar-refractivity contribution in [3.8, 4) is 5.75 Å². The second kappa shape index (κ2) is 12.7. The van der Waals surface area contributed by atoms with E-state index in [0.29, 0.717) is 40.0 Å². The number of fused-ring (bicyclic) bond motifs is 1. The Hall–Kier alpha value is -3.60. The van der Waals surface area contributed by atoms with Gasteiger partial charge in [0.05, 0.1) is 33.6 Å². The van der Waals surface area contributed by atoms with E-state index < -0.39 is 5.91 Å². The molecule has 0 atom stereocenters. The summed E-state index contributed by atoms with van der Waals surface area (Å²) < 4.78 is 6.06. The van der Waals surface area contributed by atoms with Crippen LogP contribution in [0, 0.1) is 12.8 Å². The molecule has 2 aromatic carbocycles. The predicted octanol–water partition coefficient (Wildman–Crippen LogP) is 7.01. The van der Waals surface area contributed by atoms with Gasteiger partial charge in [0, 0.05) is 49.4 Å². The number of carbonyl (C=O) groups excluding carboxylic acids is 2. The summed E-state index contributed by atoms with van der Waals surface area (Å²) in [6.07, 6.45) is 2.02. The van der Waals surface area contributed by atoms with E-state index >= 15 is 0 Å². The molecule has 12 heteroatoms. The minimum absolute atomic E-state index is 0.225. The molecular formula is C30H32Cl2N6O3S. The van der Waals surface area contributed by atoms with Crippen molar-refractivity contribution in [2.75, 3.05) is 48.8 Å². The molecule has 1 aliphatic heterocycles. The first-order valence-electron chi connectivity index (χ1n) is 13.6. The molecule has 2 aromatic heterocycles. The van der Waals surface area contributed by atoms with Gasteiger partial charge in [0.2, 0.25) is 5.91 Å². The number of carbonyl (C=O) groups is 2. The summed E-state index contributed by atoms with van der Waals surface area (Å²) in [6.45, 7) is 9.02. The number of aryl methyl sites for hydroxylation is 1. The van der Waals surface area contributed by atoms with Gasteiger partial charge in [0.1, 0.15) is 17.1 Å². The molecule has 5 rings (SSSR count). The number of ether oxygens (including phenoxy) is 1. The zero-order chi connectivity index (χ0) is 30.0. The SMILES string of the molecule is COc1cc(C)c(Cl)c(NC(=O)c2csc3c(Nc4ccc(N5CCN(C(=O)CC(C)C)CC5)cc4)ncnc23)c1Cl. The molecule has 9 nitrogen and oxygen atoms in total. The maximum absolute atomic E-state index is 13.3. The second-order valence-electron chi connectivity index (χ2n) is 10.5. The molecule has 0 spiro atoms. The van der Waals surface area contributed by atoms with E-state index in [4.69, 9.17) is 27.9 Å². The molecule has 0 bridgehead atoms. The molecule has 0 aliphatic carbocycles. The Bertz CT molecular complexity index is 1620. The van der Waals surface area contributed by atoms with Gasteiger partial charge in [0.25, 0.3) is 5.91 Å². The third-order valence-corrected chi connectivity index (χ3v) is 8.95. The standard InChI is InChI=1S/C30H32Cl2N6O3S/c1-17(2)13-23(39)38-11-9-37(10-12-38)20-7-5-19(6-8-20)35-29-28-26(33-16-34-29)21(15-42-28)30(40)36-27-24(31)18(3)14-22(41-4)25(27)32/h5-8,14-17H,9-13H2,1-4H3,(H,36,40)(H,33,34,35). The van der Waals surface area contributed by atoms with Crippen molar-refractivity contribution < 1.29 is 14.3 Å². The number of amides is 2. The van der Waals surface area contributed by atoms with Crippen LogP contribution in [0.3, 0.4) is 0 Å². The van der Waals surface area contributed by atoms with Crippen LogP contribution in [0.4, 0.5) is 22.9 Å². The molecule has 2 N–H and O–H groups in total. The van der Waals surface area contributed by atoms with E-state index in [-0.39, 0.29) is 16.6 Å². The lowest BCUT2D eigenvalue weighted by atomic mass is 10.1. The number of nitrogens with one attached hydrogen (secondary N) is 2. The molecule has 220 valence electrons. The van der Waals surface area contributed by atoms with Gasteiger partial charge in [0.15, 0.2) is 5.82 Å². The minimum atomic E-state index is -0.391. The average Bonchev–Trinajstić information content (AvgIpc) is 3.43. The van der Waals surface area contributed by atoms with Crippen molar-refractivity contribution in [2.24, 2.45) is 5.92 Å². The summed E-state index contributed by atoms with van der Waals surface area (Å²) in [7, 11) is 1.50. The van der Waals surface area contributed by atoms with Crippen LogP contribution in [0.2, 0.25) is 10.0 Å². The number of hydrogen-bond donors (Lipinski definition) is 2. The lowest BCUT2D eigenvalue weighted by Gasteiger charge is -2.36. The van der Waals surface area contributed by atoms with Crippen LogP contribution in [0.15, 0.2) is 42.0 Å². The number of rotatable bonds is 8. The van der Waals surface area contributed by atoms with E-state index in [1.165, 1.54) is 24.8 Å². The van der Waals surface area contributed by atoms with Crippen molar-refractivity contribution in [2.45, 2.75) is 27.2 Å². The summed E-state index contributed by atoms with van der Waals surface area (Å²) in [4.78, 5) is 38.8. The molecule has 4 aromatic rings. The van der Waals surface area contributed by atoms with Crippen LogP contribution >= 0.6 is 34.5 Å². The summed E-state index contributed by atoms with van der Waals surface area (Å²) >= 11 is 14.3. The predicted molar refractivity (Wildman–Crippen MR) is 171 cm³/mol. The second-order valence-corrected chi connectivity index (χ2v) is 12.2. The number of halogens is 2. The van der Waals surface area contributed by atoms with Crippen LogP contribution in [0.1, 0.15) is 36.2 Å². The van der Waals surface area contributed by atoms with Crippen LogP contribution in [0.5, 0.6) is 5.75 Å². The molecule has 2 amide bonds. The number of benzene rings is 2. The fourth-order valence-electron chi connectivity index (χ4n) is 4.86. The Morgan fingerprint density at radius 2 is 1.79 bits per heavy atom. The zero-order valence-electron chi connectivity index (χ0n) is 23.8. The number of methoxy groups -OCH3 is 1. The highest BCUT2D eigenvalue weighted by atomic mass is 35.5. The van der Waals surface area contributed by atoms with E-state index in [1.807, 2.05) is 24.0 Å². The highest BCUT2D eigenvalue weighted by Gasteiger charge is 2.23. The highest BCUT2D eigenvalue weighted by Crippen LogP contribution is 2.41. The number of nitrogens with zero attached hydrogens (tertiary/aromatic N) is 4. The van der Waals surface area contributed by atoms with Crippen LogP contribution < -0.4 is 20.3 Å². The van der Waals surface area contributed by atoms with Crippen molar-refractivity contribution in [1.82, 2.24) is 14.9 Å². The van der Waals surface area contributed by atoms with E-state index in [0.717, 1.165) is 47.8 Å². The lowest BCUT2D eigenvalue weighted by Crippen LogP contribution is -2.49. The molecule has 0 unspecified atom stereocenters. The lowest BCUT2D eigenvalue weighted by molar-refractivity contribution is -0.132. The minimum Gasteiger partial charge on any atom is -0.495 e. The quantitative estimate of drug-likeness (QED) is 0.217. The van der Waals surface area contributed by atoms with E-state index in [9.17, 15) is 9.59 Å². The highest BCUT2D eigenvalue weighted by molar-refractivity contribution is 7.18. The monoisotopic (exact) mass is 626 g/mol. The van der Waals surface area contributed by atoms with Gasteiger partial charge in [-0.1, -0.05) is 37.0 Å². The van der Waals surface area contributed by atoms with Crippen LogP contribution in [0.25, 0.3) is 10.2 Å². The summed E-state index contributed by atoms with van der Waals surface area (Å²) in [5.41, 5.74) is 3.87. The van der Waals surface area contributed by atoms with E-state index in [1.54, 1.807) is 11.4 Å². The van der Waals surface area contributed by atoms with Gasteiger partial charge in [-0.05, 0) is 48.7 Å². The third-order valence-electron chi connectivity index (χ3n) is 7.12. The first-order valence-corrected chi connectivity index (χ1v) is 15.3. The molecular weight excluding hydrogens is 595 g/mol. The molecule has 0 saturated carbocycles. The van der Waals surface area contributed by atoms with Crippen molar-refractivity contribution in [1.29, 1.82) is 0 Å². The number of anilines is 4. The maximum Gasteiger partial charge on any atom is 0.258 e. The molecule has 1 saturated heterocycles. The van der Waals surface area contributed by atoms with Gasteiger partial charge in [-0.2, -0.15) is 0 Å². The summed E-state index contributed by atoms with van der Waals surface area (Å²) in [5, 5.41) is 8.49. The summed E-state index contributed by atoms with van der Waals surface area (Å²) in [5.74, 6) is 1.23.